The maximum Gasteiger partial charge on any atom is 0.123 e. The van der Waals surface area contributed by atoms with Gasteiger partial charge in [-0.25, -0.2) is 4.98 Å². The molecule has 0 fully saturated rings. The Morgan fingerprint density at radius 2 is 2.11 bits per heavy atom. The van der Waals surface area contributed by atoms with E-state index in [2.05, 4.69) is 54.9 Å². The number of nitrogens with two attached hydrogens (primary N) is 1. The maximum atomic E-state index is 5.80. The lowest BCUT2D eigenvalue weighted by molar-refractivity contribution is 0.814. The summed E-state index contributed by atoms with van der Waals surface area (Å²) in [6.45, 7) is 6.96. The second kappa shape index (κ2) is 5.51. The third kappa shape index (κ3) is 2.66. The molecule has 0 amide bonds. The van der Waals surface area contributed by atoms with Gasteiger partial charge in [-0.15, -0.1) is 11.3 Å². The first-order chi connectivity index (χ1) is 8.52. The van der Waals surface area contributed by atoms with Crippen molar-refractivity contribution in [1.29, 1.82) is 0 Å². The average Bonchev–Trinajstić information content (AvgIpc) is 2.77. The second-order valence-corrected chi connectivity index (χ2v) is 6.59. The third-order valence-electron chi connectivity index (χ3n) is 2.88. The molecule has 4 heteroatoms. The highest BCUT2D eigenvalue weighted by Gasteiger charge is 2.14. The van der Waals surface area contributed by atoms with E-state index in [1.54, 1.807) is 11.3 Å². The number of halogens is 1. The molecule has 0 bridgehead atoms. The number of aromatic nitrogens is 1. The molecule has 0 unspecified atom stereocenters. The van der Waals surface area contributed by atoms with Crippen LogP contribution < -0.4 is 5.73 Å². The largest absolute Gasteiger partial charge is 0.326 e. The molecule has 2 aromatic rings. The molecule has 1 aromatic carbocycles. The predicted molar refractivity (Wildman–Crippen MR) is 82.0 cm³/mol. The van der Waals surface area contributed by atoms with Crippen molar-refractivity contribution >= 4 is 27.3 Å². The Balaban J connectivity index is 2.47. The van der Waals surface area contributed by atoms with Gasteiger partial charge >= 0.3 is 0 Å². The molecule has 0 saturated carbocycles. The van der Waals surface area contributed by atoms with Gasteiger partial charge in [0.25, 0.3) is 0 Å². The van der Waals surface area contributed by atoms with E-state index in [1.165, 1.54) is 10.4 Å². The van der Waals surface area contributed by atoms with Crippen LogP contribution in [0.5, 0.6) is 0 Å². The average molecular weight is 325 g/mol. The van der Waals surface area contributed by atoms with Gasteiger partial charge in [0, 0.05) is 21.5 Å². The van der Waals surface area contributed by atoms with Crippen LogP contribution in [0.1, 0.15) is 35.9 Å². The molecule has 0 aliphatic carbocycles. The van der Waals surface area contributed by atoms with Gasteiger partial charge < -0.3 is 5.73 Å². The number of thiazole rings is 1. The van der Waals surface area contributed by atoms with Gasteiger partial charge in [-0.05, 0) is 24.5 Å². The number of hydrogen-bond donors (Lipinski definition) is 1. The highest BCUT2D eigenvalue weighted by molar-refractivity contribution is 9.10. The Bertz CT molecular complexity index is 561. The summed E-state index contributed by atoms with van der Waals surface area (Å²) in [5.41, 5.74) is 9.32. The lowest BCUT2D eigenvalue weighted by Crippen LogP contribution is -1.99. The van der Waals surface area contributed by atoms with Crippen molar-refractivity contribution in [2.75, 3.05) is 0 Å². The van der Waals surface area contributed by atoms with Gasteiger partial charge in [-0.2, -0.15) is 0 Å². The standard InChI is InChI=1S/C14H17BrN2S/c1-8(2)13-12(7-16)18-14(17-13)10-5-4-9(3)11(15)6-10/h4-6,8H,7,16H2,1-3H3. The molecule has 2 rings (SSSR count). The molecule has 1 aromatic heterocycles. The number of rotatable bonds is 3. The van der Waals surface area contributed by atoms with Crippen LogP contribution in [0.15, 0.2) is 22.7 Å². The Morgan fingerprint density at radius 3 is 2.61 bits per heavy atom. The van der Waals surface area contributed by atoms with Crippen LogP contribution in [0, 0.1) is 6.92 Å². The summed E-state index contributed by atoms with van der Waals surface area (Å²) in [4.78, 5) is 5.93. The lowest BCUT2D eigenvalue weighted by atomic mass is 10.1. The molecule has 0 aliphatic heterocycles. The summed E-state index contributed by atoms with van der Waals surface area (Å²) in [5.74, 6) is 0.419. The molecule has 18 heavy (non-hydrogen) atoms. The maximum absolute atomic E-state index is 5.80. The number of hydrogen-bond acceptors (Lipinski definition) is 3. The van der Waals surface area contributed by atoms with Crippen molar-refractivity contribution in [2.45, 2.75) is 33.2 Å². The number of aryl methyl sites for hydroxylation is 1. The highest BCUT2D eigenvalue weighted by atomic mass is 79.9. The lowest BCUT2D eigenvalue weighted by Gasteiger charge is -2.02. The molecular weight excluding hydrogens is 308 g/mol. The first-order valence-electron chi connectivity index (χ1n) is 5.99. The minimum atomic E-state index is 0.419. The summed E-state index contributed by atoms with van der Waals surface area (Å²) < 4.78 is 1.12. The first kappa shape index (κ1) is 13.7. The summed E-state index contributed by atoms with van der Waals surface area (Å²) in [6, 6.07) is 6.35. The van der Waals surface area contributed by atoms with Crippen LogP contribution in [0.3, 0.4) is 0 Å². The number of nitrogens with zero attached hydrogens (tertiary/aromatic N) is 1. The van der Waals surface area contributed by atoms with Gasteiger partial charge in [-0.3, -0.25) is 0 Å². The smallest absolute Gasteiger partial charge is 0.123 e. The molecule has 1 heterocycles. The van der Waals surface area contributed by atoms with E-state index in [0.717, 1.165) is 20.7 Å². The van der Waals surface area contributed by atoms with E-state index in [4.69, 9.17) is 10.7 Å². The van der Waals surface area contributed by atoms with E-state index >= 15 is 0 Å². The summed E-state index contributed by atoms with van der Waals surface area (Å²) >= 11 is 5.27. The molecule has 2 N–H and O–H groups in total. The van der Waals surface area contributed by atoms with Crippen LogP contribution in [0.2, 0.25) is 0 Å². The van der Waals surface area contributed by atoms with Crippen LogP contribution in [0.4, 0.5) is 0 Å². The van der Waals surface area contributed by atoms with E-state index in [9.17, 15) is 0 Å². The SMILES string of the molecule is Cc1ccc(-c2nc(C(C)C)c(CN)s2)cc1Br. The molecule has 0 saturated heterocycles. The molecule has 0 radical (unpaired) electrons. The van der Waals surface area contributed by atoms with Crippen molar-refractivity contribution < 1.29 is 0 Å². The fraction of sp³-hybridized carbons (Fsp3) is 0.357. The minimum absolute atomic E-state index is 0.419. The van der Waals surface area contributed by atoms with E-state index in [1.807, 2.05) is 0 Å². The summed E-state index contributed by atoms with van der Waals surface area (Å²) in [5, 5.41) is 1.06. The fourth-order valence-corrected chi connectivity index (χ4v) is 3.28. The Hall–Kier alpha value is -0.710. The quantitative estimate of drug-likeness (QED) is 0.905. The van der Waals surface area contributed by atoms with Crippen LogP contribution in [-0.2, 0) is 6.54 Å². The summed E-state index contributed by atoms with van der Waals surface area (Å²) in [6.07, 6.45) is 0. The van der Waals surface area contributed by atoms with Crippen molar-refractivity contribution in [3.63, 3.8) is 0 Å². The van der Waals surface area contributed by atoms with Crippen LogP contribution in [-0.4, -0.2) is 4.98 Å². The van der Waals surface area contributed by atoms with Crippen molar-refractivity contribution in [2.24, 2.45) is 5.73 Å². The van der Waals surface area contributed by atoms with Crippen molar-refractivity contribution in [1.82, 2.24) is 4.98 Å². The predicted octanol–water partition coefficient (Wildman–Crippen LogP) is 4.46. The second-order valence-electron chi connectivity index (χ2n) is 4.65. The van der Waals surface area contributed by atoms with Crippen LogP contribution >= 0.6 is 27.3 Å². The highest BCUT2D eigenvalue weighted by Crippen LogP contribution is 2.33. The van der Waals surface area contributed by atoms with Crippen LogP contribution in [0.25, 0.3) is 10.6 Å². The summed E-state index contributed by atoms with van der Waals surface area (Å²) in [7, 11) is 0. The normalized spacial score (nSPS) is 11.2. The van der Waals surface area contributed by atoms with Gasteiger partial charge in [-0.1, -0.05) is 41.9 Å². The molecule has 2 nitrogen and oxygen atoms in total. The fourth-order valence-electron chi connectivity index (χ4n) is 1.81. The Kier molecular flexibility index (Phi) is 4.20. The zero-order chi connectivity index (χ0) is 13.3. The molecule has 0 aliphatic rings. The minimum Gasteiger partial charge on any atom is -0.326 e. The molecule has 96 valence electrons. The van der Waals surface area contributed by atoms with Gasteiger partial charge in [0.15, 0.2) is 0 Å². The number of benzene rings is 1. The monoisotopic (exact) mass is 324 g/mol. The Labute approximate surface area is 120 Å². The molecule has 0 spiro atoms. The van der Waals surface area contributed by atoms with E-state index < -0.39 is 0 Å². The molecule has 0 atom stereocenters. The third-order valence-corrected chi connectivity index (χ3v) is 4.88. The molecular formula is C14H17BrN2S. The first-order valence-corrected chi connectivity index (χ1v) is 7.60. The van der Waals surface area contributed by atoms with Gasteiger partial charge in [0.2, 0.25) is 0 Å². The van der Waals surface area contributed by atoms with Gasteiger partial charge in [0.05, 0.1) is 5.69 Å². The zero-order valence-electron chi connectivity index (χ0n) is 10.8. The van der Waals surface area contributed by atoms with Crippen molar-refractivity contribution in [3.05, 3.63) is 38.8 Å². The topological polar surface area (TPSA) is 38.9 Å². The van der Waals surface area contributed by atoms with Crippen molar-refractivity contribution in [3.8, 4) is 10.6 Å². The van der Waals surface area contributed by atoms with E-state index in [-0.39, 0.29) is 0 Å². The Morgan fingerprint density at radius 1 is 1.39 bits per heavy atom. The van der Waals surface area contributed by atoms with Gasteiger partial charge in [0.1, 0.15) is 5.01 Å². The van der Waals surface area contributed by atoms with E-state index in [0.29, 0.717) is 12.5 Å². The zero-order valence-corrected chi connectivity index (χ0v) is 13.2.